The summed E-state index contributed by atoms with van der Waals surface area (Å²) in [6.07, 6.45) is 24.9. The van der Waals surface area contributed by atoms with Crippen molar-refractivity contribution in [1.82, 2.24) is 0 Å². The topological polar surface area (TPSA) is 210 Å². The van der Waals surface area contributed by atoms with Gasteiger partial charge in [0.25, 0.3) is 0 Å². The molecule has 1 rings (SSSR count). The van der Waals surface area contributed by atoms with Gasteiger partial charge in [-0.2, -0.15) is 0 Å². The van der Waals surface area contributed by atoms with Gasteiger partial charge >= 0.3 is 19.8 Å². The fourth-order valence-corrected chi connectivity index (χ4v) is 8.73. The van der Waals surface area contributed by atoms with E-state index in [4.69, 9.17) is 18.5 Å². The molecule has 1 aliphatic rings. The fraction of sp³-hybridized carbons (Fsp3) is 0.957. The zero-order valence-electron chi connectivity index (χ0n) is 37.8. The number of aliphatic hydroxyl groups excluding tert-OH is 5. The van der Waals surface area contributed by atoms with Crippen LogP contribution in [0, 0.1) is 0 Å². The molecule has 0 saturated heterocycles. The van der Waals surface area contributed by atoms with Gasteiger partial charge in [-0.25, -0.2) is 4.57 Å². The Balaban J connectivity index is 2.28. The van der Waals surface area contributed by atoms with Gasteiger partial charge in [-0.1, -0.05) is 200 Å². The lowest BCUT2D eigenvalue weighted by atomic mass is 9.85. The van der Waals surface area contributed by atoms with Gasteiger partial charge in [0.1, 0.15) is 43.2 Å². The number of hydrogen-bond donors (Lipinski definition) is 6. The predicted octanol–water partition coefficient (Wildman–Crippen LogP) is 9.67. The molecule has 14 heteroatoms. The maximum atomic E-state index is 12.8. The van der Waals surface area contributed by atoms with Crippen LogP contribution < -0.4 is 0 Å². The number of unbranched alkanes of at least 4 members (excludes halogenated alkanes) is 29. The molecular formula is C46H89O13P. The van der Waals surface area contributed by atoms with E-state index in [0.717, 1.165) is 51.4 Å². The molecule has 0 bridgehead atoms. The van der Waals surface area contributed by atoms with Gasteiger partial charge in [-0.3, -0.25) is 18.6 Å². The monoisotopic (exact) mass is 881 g/mol. The Morgan fingerprint density at radius 2 is 0.750 bits per heavy atom. The summed E-state index contributed by atoms with van der Waals surface area (Å²) >= 11 is 0. The van der Waals surface area contributed by atoms with Crippen LogP contribution in [0.3, 0.4) is 0 Å². The molecule has 6 N–H and O–H groups in total. The number of ether oxygens (including phenoxy) is 2. The number of carbonyl (C=O) groups excluding carboxylic acids is 2. The van der Waals surface area contributed by atoms with Crippen LogP contribution in [0.25, 0.3) is 0 Å². The van der Waals surface area contributed by atoms with Crippen LogP contribution in [0.15, 0.2) is 0 Å². The van der Waals surface area contributed by atoms with Gasteiger partial charge < -0.3 is 39.9 Å². The highest BCUT2D eigenvalue weighted by molar-refractivity contribution is 7.47. The minimum absolute atomic E-state index is 0.105. The predicted molar refractivity (Wildman–Crippen MR) is 235 cm³/mol. The van der Waals surface area contributed by atoms with Crippen molar-refractivity contribution in [2.24, 2.45) is 0 Å². The SMILES string of the molecule is CCCCCCCCCCCCCCCCCCCCCCCCCCC(=O)OC(COC(=O)CCCCCCCCC)COP(=O)(O)OC1C(O)C(O)C(O)C(O)C1O. The van der Waals surface area contributed by atoms with Crippen LogP contribution in [0.4, 0.5) is 0 Å². The van der Waals surface area contributed by atoms with Crippen LogP contribution in [-0.4, -0.2) is 98.3 Å². The Hall–Kier alpha value is -1.15. The average Bonchev–Trinajstić information content (AvgIpc) is 3.23. The Bertz CT molecular complexity index is 1060. The summed E-state index contributed by atoms with van der Waals surface area (Å²) in [5.41, 5.74) is 0. The molecule has 6 unspecified atom stereocenters. The average molecular weight is 881 g/mol. The minimum atomic E-state index is -5.10. The summed E-state index contributed by atoms with van der Waals surface area (Å²) in [6, 6.07) is 0. The molecule has 60 heavy (non-hydrogen) atoms. The summed E-state index contributed by atoms with van der Waals surface area (Å²) in [5, 5.41) is 50.0. The molecule has 0 aromatic heterocycles. The van der Waals surface area contributed by atoms with Crippen LogP contribution in [0.1, 0.15) is 226 Å². The molecule has 1 saturated carbocycles. The largest absolute Gasteiger partial charge is 0.472 e. The first kappa shape index (κ1) is 56.9. The molecule has 13 nitrogen and oxygen atoms in total. The highest BCUT2D eigenvalue weighted by atomic mass is 31.2. The minimum Gasteiger partial charge on any atom is -0.462 e. The van der Waals surface area contributed by atoms with Gasteiger partial charge in [0.15, 0.2) is 6.10 Å². The van der Waals surface area contributed by atoms with E-state index >= 15 is 0 Å². The molecule has 1 fully saturated rings. The maximum absolute atomic E-state index is 12.8. The van der Waals surface area contributed by atoms with Gasteiger partial charge in [0, 0.05) is 12.8 Å². The molecule has 0 aromatic carbocycles. The maximum Gasteiger partial charge on any atom is 0.472 e. The van der Waals surface area contributed by atoms with E-state index in [9.17, 15) is 44.6 Å². The van der Waals surface area contributed by atoms with E-state index in [0.29, 0.717) is 12.8 Å². The number of rotatable bonds is 41. The zero-order chi connectivity index (χ0) is 44.3. The molecule has 0 radical (unpaired) electrons. The lowest BCUT2D eigenvalue weighted by Crippen LogP contribution is -2.64. The van der Waals surface area contributed by atoms with Gasteiger partial charge in [-0.05, 0) is 12.8 Å². The fourth-order valence-electron chi connectivity index (χ4n) is 7.76. The molecular weight excluding hydrogens is 791 g/mol. The third-order valence-corrected chi connectivity index (χ3v) is 12.7. The molecule has 1 aliphatic carbocycles. The lowest BCUT2D eigenvalue weighted by molar-refractivity contribution is -0.220. The molecule has 0 aromatic rings. The van der Waals surface area contributed by atoms with Crippen molar-refractivity contribution in [1.29, 1.82) is 0 Å². The molecule has 0 amide bonds. The van der Waals surface area contributed by atoms with Gasteiger partial charge in [0.2, 0.25) is 0 Å². The standard InChI is InChI=1S/C46H89O13P/c1-3-5-7-9-11-12-13-14-15-16-17-18-19-20-21-22-23-24-25-26-27-29-31-33-35-40(48)58-38(36-56-39(47)34-32-30-28-10-8-6-4-2)37-57-60(54,55)59-46-44(52)42(50)41(49)43(51)45(46)53/h38,41-46,49-53H,3-37H2,1-2H3,(H,54,55). The van der Waals surface area contributed by atoms with E-state index in [2.05, 4.69) is 13.8 Å². The Morgan fingerprint density at radius 3 is 1.10 bits per heavy atom. The van der Waals surface area contributed by atoms with E-state index < -0.39 is 75.7 Å². The smallest absolute Gasteiger partial charge is 0.462 e. The van der Waals surface area contributed by atoms with Gasteiger partial charge in [0.05, 0.1) is 6.61 Å². The summed E-state index contributed by atoms with van der Waals surface area (Å²) in [4.78, 5) is 35.5. The first-order valence-corrected chi connectivity index (χ1v) is 25.8. The molecule has 0 heterocycles. The van der Waals surface area contributed by atoms with Crippen LogP contribution in [0.2, 0.25) is 0 Å². The number of carbonyl (C=O) groups is 2. The van der Waals surface area contributed by atoms with Crippen molar-refractivity contribution in [3.63, 3.8) is 0 Å². The van der Waals surface area contributed by atoms with Crippen molar-refractivity contribution in [3.8, 4) is 0 Å². The first-order valence-electron chi connectivity index (χ1n) is 24.3. The molecule has 0 spiro atoms. The third kappa shape index (κ3) is 29.3. The van der Waals surface area contributed by atoms with Crippen LogP contribution in [0.5, 0.6) is 0 Å². The number of phosphoric ester groups is 1. The second kappa shape index (κ2) is 37.2. The zero-order valence-corrected chi connectivity index (χ0v) is 38.7. The van der Waals surface area contributed by atoms with Crippen LogP contribution in [-0.2, 0) is 32.7 Å². The van der Waals surface area contributed by atoms with E-state index in [1.54, 1.807) is 0 Å². The molecule has 356 valence electrons. The second-order valence-corrected chi connectivity index (χ2v) is 18.7. The summed E-state index contributed by atoms with van der Waals surface area (Å²) < 4.78 is 33.4. The normalized spacial score (nSPS) is 22.1. The number of esters is 2. The summed E-state index contributed by atoms with van der Waals surface area (Å²) in [7, 11) is -5.10. The lowest BCUT2D eigenvalue weighted by Gasteiger charge is -2.41. The highest BCUT2D eigenvalue weighted by Gasteiger charge is 2.51. The van der Waals surface area contributed by atoms with Crippen molar-refractivity contribution < 1.29 is 63.1 Å². The first-order chi connectivity index (χ1) is 28.9. The quantitative estimate of drug-likeness (QED) is 0.0192. The Morgan fingerprint density at radius 1 is 0.450 bits per heavy atom. The third-order valence-electron chi connectivity index (χ3n) is 11.7. The number of aliphatic hydroxyl groups is 5. The van der Waals surface area contributed by atoms with Crippen molar-refractivity contribution >= 4 is 19.8 Å². The Kier molecular flexibility index (Phi) is 35.3. The van der Waals surface area contributed by atoms with E-state index in [1.165, 1.54) is 135 Å². The molecule has 0 aliphatic heterocycles. The summed E-state index contributed by atoms with van der Waals surface area (Å²) in [5.74, 6) is -1.09. The van der Waals surface area contributed by atoms with Crippen molar-refractivity contribution in [2.45, 2.75) is 268 Å². The number of hydrogen-bond acceptors (Lipinski definition) is 12. The van der Waals surface area contributed by atoms with Crippen molar-refractivity contribution in [3.05, 3.63) is 0 Å². The van der Waals surface area contributed by atoms with E-state index in [1.807, 2.05) is 0 Å². The summed E-state index contributed by atoms with van der Waals surface area (Å²) in [6.45, 7) is 3.27. The second-order valence-electron chi connectivity index (χ2n) is 17.3. The van der Waals surface area contributed by atoms with Crippen LogP contribution >= 0.6 is 7.82 Å². The highest BCUT2D eigenvalue weighted by Crippen LogP contribution is 2.47. The number of phosphoric acid groups is 1. The van der Waals surface area contributed by atoms with Gasteiger partial charge in [-0.15, -0.1) is 0 Å². The molecule has 6 atom stereocenters. The van der Waals surface area contributed by atoms with E-state index in [-0.39, 0.29) is 12.8 Å². The Labute approximate surface area is 363 Å². The van der Waals surface area contributed by atoms with Crippen molar-refractivity contribution in [2.75, 3.05) is 13.2 Å².